The Hall–Kier alpha value is -1.88. The maximum absolute atomic E-state index is 11.1. The molecule has 2 atom stereocenters. The van der Waals surface area contributed by atoms with Crippen LogP contribution < -0.4 is 5.73 Å². The lowest BCUT2D eigenvalue weighted by Crippen LogP contribution is -2.35. The molecular weight excluding hydrogens is 246 g/mol. The van der Waals surface area contributed by atoms with Gasteiger partial charge in [0.15, 0.2) is 0 Å². The van der Waals surface area contributed by atoms with Gasteiger partial charge in [0.2, 0.25) is 0 Å². The fourth-order valence-electron chi connectivity index (χ4n) is 1.87. The van der Waals surface area contributed by atoms with E-state index in [1.807, 2.05) is 31.2 Å². The Balaban J connectivity index is 2.72. The quantitative estimate of drug-likeness (QED) is 0.689. The first kappa shape index (κ1) is 15.2. The first-order valence-corrected chi connectivity index (χ1v) is 6.23. The van der Waals surface area contributed by atoms with Gasteiger partial charge in [-0.15, -0.1) is 0 Å². The van der Waals surface area contributed by atoms with Crippen molar-refractivity contribution < 1.29 is 19.8 Å². The van der Waals surface area contributed by atoms with E-state index in [-0.39, 0.29) is 6.42 Å². The number of hydrogen-bond donors (Lipinski definition) is 3. The molecule has 0 radical (unpaired) electrons. The van der Waals surface area contributed by atoms with Gasteiger partial charge in [0.05, 0.1) is 5.92 Å². The minimum atomic E-state index is -1.17. The van der Waals surface area contributed by atoms with E-state index in [2.05, 4.69) is 0 Å². The Morgan fingerprint density at radius 2 is 1.63 bits per heavy atom. The summed E-state index contributed by atoms with van der Waals surface area (Å²) >= 11 is 0. The lowest BCUT2D eigenvalue weighted by atomic mass is 9.92. The predicted molar refractivity (Wildman–Crippen MR) is 70.9 cm³/mol. The largest absolute Gasteiger partial charge is 0.481 e. The first-order chi connectivity index (χ1) is 8.93. The van der Waals surface area contributed by atoms with Crippen LogP contribution in [0.2, 0.25) is 0 Å². The third-order valence-electron chi connectivity index (χ3n) is 3.12. The van der Waals surface area contributed by atoms with Crippen molar-refractivity contribution >= 4 is 11.9 Å². The van der Waals surface area contributed by atoms with Crippen molar-refractivity contribution in [3.05, 3.63) is 35.4 Å². The molecule has 2 unspecified atom stereocenters. The summed E-state index contributed by atoms with van der Waals surface area (Å²) in [5.74, 6) is -2.97. The highest BCUT2D eigenvalue weighted by atomic mass is 16.4. The minimum Gasteiger partial charge on any atom is -0.481 e. The van der Waals surface area contributed by atoms with E-state index in [0.29, 0.717) is 6.42 Å². The molecule has 19 heavy (non-hydrogen) atoms. The Morgan fingerprint density at radius 3 is 2.05 bits per heavy atom. The fourth-order valence-corrected chi connectivity index (χ4v) is 1.87. The normalized spacial score (nSPS) is 13.8. The maximum Gasteiger partial charge on any atom is 0.320 e. The van der Waals surface area contributed by atoms with Crippen LogP contribution in [0.5, 0.6) is 0 Å². The summed E-state index contributed by atoms with van der Waals surface area (Å²) in [6.45, 7) is 2.04. The second-order valence-corrected chi connectivity index (χ2v) is 4.59. The zero-order chi connectivity index (χ0) is 14.4. The lowest BCUT2D eigenvalue weighted by Gasteiger charge is -2.15. The number of hydrogen-bond acceptors (Lipinski definition) is 3. The van der Waals surface area contributed by atoms with Crippen molar-refractivity contribution in [2.45, 2.75) is 32.2 Å². The highest BCUT2D eigenvalue weighted by Gasteiger charge is 2.24. The Labute approximate surface area is 112 Å². The van der Waals surface area contributed by atoms with Gasteiger partial charge in [-0.05, 0) is 30.4 Å². The standard InChI is InChI=1S/C14H19NO4/c1-2-9-3-5-10(6-4-9)7-11(13(16)17)8-12(15)14(18)19/h3-6,11-12H,2,7-8,15H2,1H3,(H,16,17)(H,18,19). The first-order valence-electron chi connectivity index (χ1n) is 6.23. The molecule has 0 aliphatic carbocycles. The van der Waals surface area contributed by atoms with Crippen molar-refractivity contribution in [1.82, 2.24) is 0 Å². The van der Waals surface area contributed by atoms with Crippen LogP contribution in [0.1, 0.15) is 24.5 Å². The van der Waals surface area contributed by atoms with E-state index in [0.717, 1.165) is 12.0 Å². The summed E-state index contributed by atoms with van der Waals surface area (Å²) in [4.78, 5) is 21.8. The van der Waals surface area contributed by atoms with Gasteiger partial charge in [0, 0.05) is 0 Å². The highest BCUT2D eigenvalue weighted by molar-refractivity contribution is 5.76. The number of carboxylic acids is 2. The molecule has 0 saturated heterocycles. The summed E-state index contributed by atoms with van der Waals surface area (Å²) in [5, 5.41) is 17.8. The monoisotopic (exact) mass is 265 g/mol. The molecule has 5 heteroatoms. The van der Waals surface area contributed by atoms with Crippen LogP contribution >= 0.6 is 0 Å². The van der Waals surface area contributed by atoms with Crippen molar-refractivity contribution in [2.75, 3.05) is 0 Å². The molecule has 0 saturated carbocycles. The number of aryl methyl sites for hydroxylation is 1. The van der Waals surface area contributed by atoms with Gasteiger partial charge >= 0.3 is 11.9 Å². The van der Waals surface area contributed by atoms with Crippen molar-refractivity contribution in [3.63, 3.8) is 0 Å². The summed E-state index contributed by atoms with van der Waals surface area (Å²) in [7, 11) is 0. The van der Waals surface area contributed by atoms with Gasteiger partial charge < -0.3 is 15.9 Å². The molecule has 1 rings (SSSR count). The second-order valence-electron chi connectivity index (χ2n) is 4.59. The zero-order valence-corrected chi connectivity index (χ0v) is 10.9. The Kier molecular flexibility index (Phi) is 5.51. The molecule has 1 aromatic carbocycles. The smallest absolute Gasteiger partial charge is 0.320 e. The van der Waals surface area contributed by atoms with Crippen LogP contribution in [-0.2, 0) is 22.4 Å². The summed E-state index contributed by atoms with van der Waals surface area (Å²) in [6.07, 6.45) is 1.15. The summed E-state index contributed by atoms with van der Waals surface area (Å²) < 4.78 is 0. The molecule has 0 bridgehead atoms. The molecule has 0 aromatic heterocycles. The molecule has 0 amide bonds. The molecule has 104 valence electrons. The van der Waals surface area contributed by atoms with E-state index >= 15 is 0 Å². The Morgan fingerprint density at radius 1 is 1.11 bits per heavy atom. The van der Waals surface area contributed by atoms with Crippen molar-refractivity contribution in [3.8, 4) is 0 Å². The van der Waals surface area contributed by atoms with E-state index < -0.39 is 23.9 Å². The predicted octanol–water partition coefficient (Wildman–Crippen LogP) is 1.29. The Bertz CT molecular complexity index is 441. The van der Waals surface area contributed by atoms with Gasteiger partial charge in [-0.3, -0.25) is 9.59 Å². The molecule has 0 aliphatic rings. The van der Waals surface area contributed by atoms with Gasteiger partial charge in [-0.2, -0.15) is 0 Å². The van der Waals surface area contributed by atoms with Crippen LogP contribution in [0.3, 0.4) is 0 Å². The maximum atomic E-state index is 11.1. The summed E-state index contributed by atoms with van der Waals surface area (Å²) in [5.41, 5.74) is 7.45. The van der Waals surface area contributed by atoms with Crippen molar-refractivity contribution in [1.29, 1.82) is 0 Å². The number of rotatable bonds is 7. The topological polar surface area (TPSA) is 101 Å². The lowest BCUT2D eigenvalue weighted by molar-refractivity contribution is -0.143. The van der Waals surface area contributed by atoms with Crippen molar-refractivity contribution in [2.24, 2.45) is 11.7 Å². The van der Waals surface area contributed by atoms with Gasteiger partial charge in [0.25, 0.3) is 0 Å². The van der Waals surface area contributed by atoms with Crippen LogP contribution in [0.15, 0.2) is 24.3 Å². The minimum absolute atomic E-state index is 0.0693. The van der Waals surface area contributed by atoms with Crippen LogP contribution in [0.25, 0.3) is 0 Å². The molecule has 1 aromatic rings. The molecular formula is C14H19NO4. The van der Waals surface area contributed by atoms with Gasteiger partial charge in [-0.25, -0.2) is 0 Å². The third-order valence-corrected chi connectivity index (χ3v) is 3.12. The second kappa shape index (κ2) is 6.89. The molecule has 0 spiro atoms. The molecule has 0 heterocycles. The van der Waals surface area contributed by atoms with E-state index in [1.54, 1.807) is 0 Å². The SMILES string of the molecule is CCc1ccc(CC(CC(N)C(=O)O)C(=O)O)cc1. The number of aliphatic carboxylic acids is 2. The van der Waals surface area contributed by atoms with Gasteiger partial charge in [0.1, 0.15) is 6.04 Å². The molecule has 4 N–H and O–H groups in total. The number of nitrogens with two attached hydrogens (primary N) is 1. The summed E-state index contributed by atoms with van der Waals surface area (Å²) in [6, 6.07) is 6.51. The molecule has 0 fully saturated rings. The van der Waals surface area contributed by atoms with E-state index in [1.165, 1.54) is 5.56 Å². The average molecular weight is 265 g/mol. The molecule has 0 aliphatic heterocycles. The fraction of sp³-hybridized carbons (Fsp3) is 0.429. The number of carboxylic acid groups (broad SMARTS) is 2. The number of carbonyl (C=O) groups is 2. The average Bonchev–Trinajstić information content (AvgIpc) is 2.38. The van der Waals surface area contributed by atoms with Crippen LogP contribution in [-0.4, -0.2) is 28.2 Å². The molecule has 5 nitrogen and oxygen atoms in total. The van der Waals surface area contributed by atoms with Crippen LogP contribution in [0.4, 0.5) is 0 Å². The zero-order valence-electron chi connectivity index (χ0n) is 10.9. The van der Waals surface area contributed by atoms with E-state index in [4.69, 9.17) is 15.9 Å². The number of benzene rings is 1. The van der Waals surface area contributed by atoms with Gasteiger partial charge in [-0.1, -0.05) is 31.2 Å². The third kappa shape index (κ3) is 4.71. The van der Waals surface area contributed by atoms with Crippen LogP contribution in [0, 0.1) is 5.92 Å². The highest BCUT2D eigenvalue weighted by Crippen LogP contribution is 2.15. The van der Waals surface area contributed by atoms with E-state index in [9.17, 15) is 9.59 Å².